The van der Waals surface area contributed by atoms with Crippen LogP contribution in [-0.2, 0) is 6.61 Å². The molecule has 0 atom stereocenters. The first kappa shape index (κ1) is 13.9. The number of rotatable bonds is 5. The van der Waals surface area contributed by atoms with Crippen molar-refractivity contribution >= 4 is 5.91 Å². The topological polar surface area (TPSA) is 78.4 Å². The number of oxazole rings is 1. The summed E-state index contributed by atoms with van der Waals surface area (Å²) in [6, 6.07) is 16.4. The number of carbonyl (C=O) groups is 1. The fourth-order valence-corrected chi connectivity index (χ4v) is 2.03. The first-order valence-electron chi connectivity index (χ1n) is 6.75. The van der Waals surface area contributed by atoms with Crippen LogP contribution in [0, 0.1) is 0 Å². The van der Waals surface area contributed by atoms with E-state index in [2.05, 4.69) is 4.98 Å². The third-order valence-corrected chi connectivity index (χ3v) is 3.10. The molecule has 5 nitrogen and oxygen atoms in total. The van der Waals surface area contributed by atoms with Gasteiger partial charge < -0.3 is 14.9 Å². The van der Waals surface area contributed by atoms with Gasteiger partial charge in [0.25, 0.3) is 5.91 Å². The molecule has 0 aliphatic carbocycles. The molecule has 0 radical (unpaired) electrons. The summed E-state index contributed by atoms with van der Waals surface area (Å²) in [6.07, 6.45) is 1.54. The van der Waals surface area contributed by atoms with Gasteiger partial charge in [0.05, 0.1) is 5.56 Å². The van der Waals surface area contributed by atoms with Gasteiger partial charge in [0, 0.05) is 5.56 Å². The van der Waals surface area contributed by atoms with Crippen molar-refractivity contribution in [2.75, 3.05) is 0 Å². The van der Waals surface area contributed by atoms with E-state index in [0.717, 1.165) is 5.56 Å². The Morgan fingerprint density at radius 2 is 1.82 bits per heavy atom. The highest BCUT2D eigenvalue weighted by molar-refractivity contribution is 5.95. The van der Waals surface area contributed by atoms with Crippen molar-refractivity contribution in [1.82, 2.24) is 4.98 Å². The van der Waals surface area contributed by atoms with Crippen LogP contribution in [0.15, 0.2) is 65.3 Å². The summed E-state index contributed by atoms with van der Waals surface area (Å²) in [7, 11) is 0. The lowest BCUT2D eigenvalue weighted by Crippen LogP contribution is -2.12. The summed E-state index contributed by atoms with van der Waals surface area (Å²) >= 11 is 0. The van der Waals surface area contributed by atoms with Gasteiger partial charge in [-0.2, -0.15) is 0 Å². The van der Waals surface area contributed by atoms with Crippen molar-refractivity contribution in [3.8, 4) is 17.2 Å². The maximum Gasteiger partial charge on any atom is 0.252 e. The molecule has 110 valence electrons. The average molecular weight is 294 g/mol. The van der Waals surface area contributed by atoms with Crippen LogP contribution in [0.25, 0.3) is 11.5 Å². The predicted molar refractivity (Wildman–Crippen MR) is 81.2 cm³/mol. The van der Waals surface area contributed by atoms with E-state index in [9.17, 15) is 4.79 Å². The van der Waals surface area contributed by atoms with E-state index in [1.54, 1.807) is 24.3 Å². The van der Waals surface area contributed by atoms with Gasteiger partial charge in [0.2, 0.25) is 5.89 Å². The van der Waals surface area contributed by atoms with Crippen molar-refractivity contribution < 1.29 is 13.9 Å². The molecule has 1 heterocycles. The molecule has 5 heteroatoms. The quantitative estimate of drug-likeness (QED) is 0.784. The highest BCUT2D eigenvalue weighted by Crippen LogP contribution is 2.21. The van der Waals surface area contributed by atoms with Crippen molar-refractivity contribution in [1.29, 1.82) is 0 Å². The molecule has 2 N–H and O–H groups in total. The van der Waals surface area contributed by atoms with Gasteiger partial charge in [0.15, 0.2) is 0 Å². The first-order valence-corrected chi connectivity index (χ1v) is 6.75. The zero-order chi connectivity index (χ0) is 15.4. The first-order chi connectivity index (χ1) is 10.7. The van der Waals surface area contributed by atoms with Gasteiger partial charge in [0.1, 0.15) is 24.3 Å². The number of primary amides is 1. The van der Waals surface area contributed by atoms with Gasteiger partial charge in [-0.15, -0.1) is 0 Å². The maximum absolute atomic E-state index is 11.3. The molecule has 0 bridgehead atoms. The van der Waals surface area contributed by atoms with Crippen LogP contribution < -0.4 is 10.5 Å². The largest absolute Gasteiger partial charge is 0.486 e. The van der Waals surface area contributed by atoms with Crippen molar-refractivity contribution in [3.63, 3.8) is 0 Å². The molecule has 0 spiro atoms. The second-order valence-corrected chi connectivity index (χ2v) is 4.66. The second kappa shape index (κ2) is 6.13. The van der Waals surface area contributed by atoms with Crippen LogP contribution in [0.1, 0.15) is 16.1 Å². The number of aromatic nitrogens is 1. The average Bonchev–Trinajstić information content (AvgIpc) is 3.03. The molecule has 3 aromatic rings. The van der Waals surface area contributed by atoms with Crippen molar-refractivity contribution in [3.05, 3.63) is 72.1 Å². The van der Waals surface area contributed by atoms with Crippen LogP contribution in [0.5, 0.6) is 5.75 Å². The number of benzene rings is 2. The minimum atomic E-state index is -0.527. The number of nitrogens with two attached hydrogens (primary N) is 1. The number of nitrogens with zero attached hydrogens (tertiary/aromatic N) is 1. The Morgan fingerprint density at radius 3 is 2.59 bits per heavy atom. The highest BCUT2D eigenvalue weighted by atomic mass is 16.5. The van der Waals surface area contributed by atoms with E-state index in [4.69, 9.17) is 14.9 Å². The highest BCUT2D eigenvalue weighted by Gasteiger charge is 2.10. The van der Waals surface area contributed by atoms with E-state index in [0.29, 0.717) is 22.9 Å². The Hall–Kier alpha value is -3.08. The predicted octanol–water partition coefficient (Wildman–Crippen LogP) is 3.02. The maximum atomic E-state index is 11.3. The van der Waals surface area contributed by atoms with Crippen LogP contribution in [0.3, 0.4) is 0 Å². The Morgan fingerprint density at radius 1 is 1.09 bits per heavy atom. The molecular formula is C17H14N2O3. The number of hydrogen-bond acceptors (Lipinski definition) is 4. The fraction of sp³-hybridized carbons (Fsp3) is 0.0588. The monoisotopic (exact) mass is 294 g/mol. The molecule has 0 fully saturated rings. The smallest absolute Gasteiger partial charge is 0.252 e. The Kier molecular flexibility index (Phi) is 3.87. The van der Waals surface area contributed by atoms with E-state index in [1.807, 2.05) is 30.3 Å². The van der Waals surface area contributed by atoms with E-state index in [1.165, 1.54) is 6.26 Å². The van der Waals surface area contributed by atoms with E-state index < -0.39 is 5.91 Å². The Labute approximate surface area is 127 Å². The number of carbonyl (C=O) groups excluding carboxylic acids is 1. The van der Waals surface area contributed by atoms with Crippen LogP contribution in [-0.4, -0.2) is 10.9 Å². The molecule has 0 aliphatic heterocycles. The summed E-state index contributed by atoms with van der Waals surface area (Å²) in [5.41, 5.74) is 7.18. The summed E-state index contributed by atoms with van der Waals surface area (Å²) in [4.78, 5) is 15.7. The van der Waals surface area contributed by atoms with Gasteiger partial charge in [-0.1, -0.05) is 30.3 Å². The lowest BCUT2D eigenvalue weighted by Gasteiger charge is -2.07. The summed E-state index contributed by atoms with van der Waals surface area (Å²) < 4.78 is 11.0. The minimum Gasteiger partial charge on any atom is -0.486 e. The molecular weight excluding hydrogens is 280 g/mol. The van der Waals surface area contributed by atoms with Gasteiger partial charge in [-0.3, -0.25) is 4.79 Å². The molecule has 3 rings (SSSR count). The van der Waals surface area contributed by atoms with E-state index >= 15 is 0 Å². The zero-order valence-corrected chi connectivity index (χ0v) is 11.7. The number of amides is 1. The number of ether oxygens (including phenoxy) is 1. The standard InChI is InChI=1S/C17H14N2O3/c18-16(20)14-8-4-5-9-15(14)21-10-13-11-22-17(19-13)12-6-2-1-3-7-12/h1-9,11H,10H2,(H2,18,20). The van der Waals surface area contributed by atoms with Gasteiger partial charge >= 0.3 is 0 Å². The van der Waals surface area contributed by atoms with Gasteiger partial charge in [-0.05, 0) is 24.3 Å². The lowest BCUT2D eigenvalue weighted by molar-refractivity contribution is 0.0996. The molecule has 0 saturated heterocycles. The minimum absolute atomic E-state index is 0.195. The molecule has 0 unspecified atom stereocenters. The van der Waals surface area contributed by atoms with Gasteiger partial charge in [-0.25, -0.2) is 4.98 Å². The van der Waals surface area contributed by atoms with Crippen LogP contribution in [0.2, 0.25) is 0 Å². The third kappa shape index (κ3) is 2.98. The lowest BCUT2D eigenvalue weighted by atomic mass is 10.2. The molecule has 22 heavy (non-hydrogen) atoms. The number of hydrogen-bond donors (Lipinski definition) is 1. The van der Waals surface area contributed by atoms with Crippen molar-refractivity contribution in [2.24, 2.45) is 5.73 Å². The normalized spacial score (nSPS) is 10.4. The summed E-state index contributed by atoms with van der Waals surface area (Å²) in [6.45, 7) is 0.195. The second-order valence-electron chi connectivity index (χ2n) is 4.66. The molecule has 2 aromatic carbocycles. The Balaban J connectivity index is 1.73. The zero-order valence-electron chi connectivity index (χ0n) is 11.7. The van der Waals surface area contributed by atoms with Crippen LogP contribution in [0.4, 0.5) is 0 Å². The summed E-state index contributed by atoms with van der Waals surface area (Å²) in [5.74, 6) is 0.433. The molecule has 1 aromatic heterocycles. The SMILES string of the molecule is NC(=O)c1ccccc1OCc1coc(-c2ccccc2)n1. The fourth-order valence-electron chi connectivity index (χ4n) is 2.03. The van der Waals surface area contributed by atoms with Crippen LogP contribution >= 0.6 is 0 Å². The third-order valence-electron chi connectivity index (χ3n) is 3.10. The van der Waals surface area contributed by atoms with E-state index in [-0.39, 0.29) is 6.61 Å². The summed E-state index contributed by atoms with van der Waals surface area (Å²) in [5, 5.41) is 0. The Bertz CT molecular complexity index is 781. The molecule has 0 aliphatic rings. The molecule has 1 amide bonds. The molecule has 0 saturated carbocycles. The van der Waals surface area contributed by atoms with Crippen molar-refractivity contribution in [2.45, 2.75) is 6.61 Å². The number of para-hydroxylation sites is 1.